The molecule has 1 aliphatic carbocycles. The van der Waals surface area contributed by atoms with Crippen LogP contribution in [0.5, 0.6) is 11.5 Å². The number of benzene rings is 9. The second-order valence-electron chi connectivity index (χ2n) is 27.6. The molecule has 9 aromatic carbocycles. The highest BCUT2D eigenvalue weighted by Gasteiger charge is 2.51. The summed E-state index contributed by atoms with van der Waals surface area (Å²) in [6.45, 7) is 30.2. The van der Waals surface area contributed by atoms with Crippen molar-refractivity contribution >= 4 is 63.1 Å². The molecule has 5 nitrogen and oxygen atoms in total. The number of rotatable bonds is 9. The molecule has 0 atom stereocenters. The van der Waals surface area contributed by atoms with Crippen molar-refractivity contribution in [2.24, 2.45) is 0 Å². The lowest BCUT2D eigenvalue weighted by Gasteiger charge is -2.43. The third-order valence-electron chi connectivity index (χ3n) is 17.8. The van der Waals surface area contributed by atoms with Crippen molar-refractivity contribution in [3.63, 3.8) is 0 Å². The number of hydrogen-bond donors (Lipinski definition) is 1. The van der Waals surface area contributed by atoms with E-state index in [-0.39, 0.29) is 21.7 Å². The maximum absolute atomic E-state index is 7.29. The number of anilines is 4. The van der Waals surface area contributed by atoms with Crippen LogP contribution in [0, 0.1) is 0 Å². The van der Waals surface area contributed by atoms with Gasteiger partial charge in [0.25, 0.3) is 0 Å². The van der Waals surface area contributed by atoms with E-state index in [9.17, 15) is 0 Å². The fourth-order valence-corrected chi connectivity index (χ4v) is 15.4. The number of hydrogen-bond acceptors (Lipinski definition) is 4. The molecule has 84 heavy (non-hydrogen) atoms. The van der Waals surface area contributed by atoms with Crippen molar-refractivity contribution in [1.82, 2.24) is 9.55 Å². The first-order valence-corrected chi connectivity index (χ1v) is 31.6. The molecule has 0 saturated carbocycles. The lowest BCUT2D eigenvalue weighted by molar-refractivity contribution is 0.482. The van der Waals surface area contributed by atoms with Crippen LogP contribution in [-0.2, 0) is 27.1 Å². The van der Waals surface area contributed by atoms with Gasteiger partial charge < -0.3 is 15.0 Å². The predicted octanol–water partition coefficient (Wildman–Crippen LogP) is 20.1. The number of pyridine rings is 1. The summed E-state index contributed by atoms with van der Waals surface area (Å²) in [5.41, 5.74) is 20.7. The van der Waals surface area contributed by atoms with Crippen molar-refractivity contribution in [2.45, 2.75) is 110 Å². The zero-order chi connectivity index (χ0) is 58.8. The number of fused-ring (bicyclic) bond motifs is 6. The molecule has 2 aliphatic rings. The summed E-state index contributed by atoms with van der Waals surface area (Å²) in [5.74, 6) is 2.41. The topological polar surface area (TPSA) is 42.3 Å². The smallest absolute Gasteiger partial charge is 0.137 e. The molecule has 1 spiro atoms. The fraction of sp³-hybridized carbons (Fsp3) is 0.244. The van der Waals surface area contributed by atoms with Gasteiger partial charge in [-0.15, -0.1) is 0 Å². The third-order valence-corrected chi connectivity index (χ3v) is 20.1. The molecule has 0 unspecified atom stereocenters. The summed E-state index contributed by atoms with van der Waals surface area (Å²) in [6, 6.07) is 74.6. The average molecular weight is 1120 g/mol. The molecule has 0 fully saturated rings. The van der Waals surface area contributed by atoms with Gasteiger partial charge in [-0.2, -0.15) is 0 Å². The number of nitrogens with zero attached hydrogens (tertiary/aromatic N) is 3. The van der Waals surface area contributed by atoms with Crippen LogP contribution in [0.1, 0.15) is 128 Å². The molecule has 0 saturated heterocycles. The summed E-state index contributed by atoms with van der Waals surface area (Å²) >= 11 is 0. The van der Waals surface area contributed by atoms with Crippen molar-refractivity contribution in [3.05, 3.63) is 251 Å². The first-order valence-electron chi connectivity index (χ1n) is 29.8. The van der Waals surface area contributed by atoms with Gasteiger partial charge in [0, 0.05) is 53.0 Å². The molecule has 0 amide bonds. The van der Waals surface area contributed by atoms with Crippen LogP contribution >= 0.6 is 7.92 Å². The number of para-hydroxylation sites is 2. The highest BCUT2D eigenvalue weighted by molar-refractivity contribution is 7.72. The molecule has 1 N–H and O–H groups in total. The quantitative estimate of drug-likeness (QED) is 0.146. The minimum atomic E-state index is -0.592. The molecule has 2 aromatic heterocycles. The Morgan fingerprint density at radius 2 is 1.02 bits per heavy atom. The van der Waals surface area contributed by atoms with E-state index in [1.54, 1.807) is 0 Å². The largest absolute Gasteiger partial charge is 0.457 e. The van der Waals surface area contributed by atoms with Gasteiger partial charge in [-0.05, 0) is 163 Å². The highest BCUT2D eigenvalue weighted by atomic mass is 31.1. The van der Waals surface area contributed by atoms with E-state index in [4.69, 9.17) is 9.72 Å². The van der Waals surface area contributed by atoms with Gasteiger partial charge in [0.1, 0.15) is 17.3 Å². The van der Waals surface area contributed by atoms with E-state index >= 15 is 0 Å². The van der Waals surface area contributed by atoms with Crippen LogP contribution in [-0.4, -0.2) is 23.3 Å². The summed E-state index contributed by atoms with van der Waals surface area (Å²) < 4.78 is 9.67. The van der Waals surface area contributed by atoms with Gasteiger partial charge in [0.2, 0.25) is 0 Å². The third kappa shape index (κ3) is 9.13. The number of nitrogens with one attached hydrogen (secondary N) is 1. The van der Waals surface area contributed by atoms with E-state index in [0.717, 1.165) is 51.1 Å². The average Bonchev–Trinajstić information content (AvgIpc) is 1.48. The second kappa shape index (κ2) is 20.0. The van der Waals surface area contributed by atoms with Crippen LogP contribution in [0.25, 0.3) is 49.9 Å². The monoisotopic (exact) mass is 1120 g/mol. The predicted molar refractivity (Wildman–Crippen MR) is 359 cm³/mol. The van der Waals surface area contributed by atoms with E-state index in [0.29, 0.717) is 0 Å². The molecule has 1 aliphatic heterocycles. The minimum Gasteiger partial charge on any atom is -0.457 e. The standard InChI is InChI=1S/C78H77N4OP/c1-74(2,3)51-38-39-79-70(45-51)82-66-35-25-32-62-71(66)72-63(78(62)60-30-18-22-36-68(60)84(14)69-37-23-19-31-61(69)78)47-57(48-67(72)82)83-56-29-24-28-55(46-56)80-64-33-20-21-34-65(64)81(13)73-58(49-26-16-15-17-27-49)43-54(77(10,11)12)44-59(73)50-40-52(75(4,5)6)42-53(41-50)76(7,8)9/h15-48,80H,1-14H3. The zero-order valence-electron chi connectivity index (χ0n) is 51.3. The van der Waals surface area contributed by atoms with E-state index in [1.165, 1.54) is 88.1 Å². The van der Waals surface area contributed by atoms with Gasteiger partial charge >= 0.3 is 0 Å². The Hall–Kier alpha value is -8.24. The Kier molecular flexibility index (Phi) is 13.1. The summed E-state index contributed by atoms with van der Waals surface area (Å²) in [6.07, 6.45) is 1.97. The van der Waals surface area contributed by atoms with Crippen molar-refractivity contribution < 1.29 is 4.74 Å². The minimum absolute atomic E-state index is 0.0556. The molecular weight excluding hydrogens is 1040 g/mol. The normalized spacial score (nSPS) is 15.7. The van der Waals surface area contributed by atoms with Crippen LogP contribution < -0.4 is 25.6 Å². The second-order valence-corrected chi connectivity index (χ2v) is 29.6. The Morgan fingerprint density at radius 1 is 0.464 bits per heavy atom. The van der Waals surface area contributed by atoms with Crippen LogP contribution in [0.4, 0.5) is 22.7 Å². The fourth-order valence-electron chi connectivity index (χ4n) is 13.3. The van der Waals surface area contributed by atoms with E-state index in [2.05, 4.69) is 312 Å². The number of aromatic nitrogens is 2. The summed E-state index contributed by atoms with van der Waals surface area (Å²) in [5, 5.41) is 9.29. The molecule has 0 radical (unpaired) electrons. The van der Waals surface area contributed by atoms with Crippen LogP contribution in [0.3, 0.4) is 0 Å². The van der Waals surface area contributed by atoms with Gasteiger partial charge in [-0.3, -0.25) is 4.57 Å². The van der Waals surface area contributed by atoms with Crippen molar-refractivity contribution in [3.8, 4) is 39.6 Å². The van der Waals surface area contributed by atoms with Crippen LogP contribution in [0.2, 0.25) is 0 Å². The first kappa shape index (κ1) is 55.0. The Labute approximate surface area is 499 Å². The molecule has 3 heterocycles. The first-order chi connectivity index (χ1) is 40.0. The van der Waals surface area contributed by atoms with E-state index < -0.39 is 13.3 Å². The Morgan fingerprint density at radius 3 is 1.68 bits per heavy atom. The zero-order valence-corrected chi connectivity index (χ0v) is 52.2. The molecule has 13 rings (SSSR count). The number of ether oxygens (including phenoxy) is 1. The highest BCUT2D eigenvalue weighted by Crippen LogP contribution is 2.61. The summed E-state index contributed by atoms with van der Waals surface area (Å²) in [4.78, 5) is 7.53. The molecule has 11 aromatic rings. The van der Waals surface area contributed by atoms with Crippen molar-refractivity contribution in [1.29, 1.82) is 0 Å². The van der Waals surface area contributed by atoms with Gasteiger partial charge in [0.15, 0.2) is 0 Å². The molecule has 6 heteroatoms. The SMILES string of the molecule is CN(c1ccccc1Nc1cccc(Oc2cc3c4c5c(cccc5n(-c5cc(C(C)(C)C)ccn5)c4c2)C32c3ccccc3P(C)c3ccccc32)c1)c1c(-c2ccccc2)cc(C(C)(C)C)cc1-c1cc(C(C)(C)C)cc(C(C)(C)C)c1. The Balaban J connectivity index is 0.949. The maximum atomic E-state index is 7.29. The molecule has 0 bridgehead atoms. The maximum Gasteiger partial charge on any atom is 0.137 e. The van der Waals surface area contributed by atoms with Gasteiger partial charge in [-0.25, -0.2) is 4.98 Å². The lowest BCUT2D eigenvalue weighted by Crippen LogP contribution is -2.42. The summed E-state index contributed by atoms with van der Waals surface area (Å²) in [7, 11) is 1.64. The van der Waals surface area contributed by atoms with Crippen LogP contribution in [0.15, 0.2) is 206 Å². The van der Waals surface area contributed by atoms with Gasteiger partial charge in [0.05, 0.1) is 33.5 Å². The Bertz CT molecular complexity index is 4330. The lowest BCUT2D eigenvalue weighted by atomic mass is 9.67. The van der Waals surface area contributed by atoms with Gasteiger partial charge in [-0.1, -0.05) is 210 Å². The molecular formula is C78H77N4OP. The molecule has 420 valence electrons. The van der Waals surface area contributed by atoms with Crippen molar-refractivity contribution in [2.75, 3.05) is 23.9 Å². The van der Waals surface area contributed by atoms with E-state index in [1.807, 2.05) is 6.20 Å².